The minimum absolute atomic E-state index is 0.152. The molecule has 3 heterocycles. The molecule has 0 saturated carbocycles. The van der Waals surface area contributed by atoms with Crippen LogP contribution in [-0.2, 0) is 6.54 Å². The standard InChI is InChI=1S/C23H24N6O/c30-14-19-4-3-11-28(19)23-12-22(25-15-26-23)24-13-17-7-9-18(10-8-17)29-16-27-20-5-1-2-6-21(20)29/h1-2,5-10,12,15-16,19,30H,3-4,11,13-14H2,(H,24,25,26). The molecule has 1 aliphatic rings. The molecule has 152 valence electrons. The van der Waals surface area contributed by atoms with Crippen LogP contribution in [0.15, 0.2) is 67.3 Å². The molecule has 1 aliphatic heterocycles. The summed E-state index contributed by atoms with van der Waals surface area (Å²) in [6.07, 6.45) is 5.52. The smallest absolute Gasteiger partial charge is 0.134 e. The second-order valence-corrected chi connectivity index (χ2v) is 7.56. The average molecular weight is 400 g/mol. The zero-order valence-corrected chi connectivity index (χ0v) is 16.6. The first-order chi connectivity index (χ1) is 14.8. The Hall–Kier alpha value is -3.45. The van der Waals surface area contributed by atoms with Crippen LogP contribution in [0, 0.1) is 0 Å². The van der Waals surface area contributed by atoms with Crippen LogP contribution in [0.1, 0.15) is 18.4 Å². The number of aromatic nitrogens is 4. The average Bonchev–Trinajstić information content (AvgIpc) is 3.45. The number of nitrogens with zero attached hydrogens (tertiary/aromatic N) is 5. The van der Waals surface area contributed by atoms with Crippen LogP contribution in [0.5, 0.6) is 0 Å². The van der Waals surface area contributed by atoms with Crippen LogP contribution in [-0.4, -0.2) is 43.8 Å². The van der Waals surface area contributed by atoms with Crippen molar-refractivity contribution in [2.24, 2.45) is 0 Å². The molecule has 4 aromatic rings. The molecule has 0 radical (unpaired) electrons. The van der Waals surface area contributed by atoms with E-state index >= 15 is 0 Å². The number of fused-ring (bicyclic) bond motifs is 1. The van der Waals surface area contributed by atoms with Crippen LogP contribution in [0.4, 0.5) is 11.6 Å². The molecule has 5 rings (SSSR count). The Bertz CT molecular complexity index is 1140. The Labute approximate surface area is 175 Å². The van der Waals surface area contributed by atoms with Crippen molar-refractivity contribution >= 4 is 22.7 Å². The highest BCUT2D eigenvalue weighted by Crippen LogP contribution is 2.25. The third kappa shape index (κ3) is 3.59. The van der Waals surface area contributed by atoms with Gasteiger partial charge in [-0.15, -0.1) is 0 Å². The highest BCUT2D eigenvalue weighted by molar-refractivity contribution is 5.77. The van der Waals surface area contributed by atoms with Gasteiger partial charge in [0.25, 0.3) is 0 Å². The van der Waals surface area contributed by atoms with E-state index in [1.54, 1.807) is 6.33 Å². The number of benzene rings is 2. The van der Waals surface area contributed by atoms with Crippen LogP contribution >= 0.6 is 0 Å². The topological polar surface area (TPSA) is 79.1 Å². The summed E-state index contributed by atoms with van der Waals surface area (Å²) in [6.45, 7) is 1.75. The van der Waals surface area contributed by atoms with E-state index in [0.717, 1.165) is 53.3 Å². The predicted molar refractivity (Wildman–Crippen MR) is 118 cm³/mol. The molecule has 0 amide bonds. The molecule has 1 unspecified atom stereocenters. The number of nitrogens with one attached hydrogen (secondary N) is 1. The van der Waals surface area contributed by atoms with E-state index in [1.807, 2.05) is 30.6 Å². The van der Waals surface area contributed by atoms with E-state index in [4.69, 9.17) is 0 Å². The molecule has 7 heteroatoms. The first kappa shape index (κ1) is 18.6. The van der Waals surface area contributed by atoms with Crippen molar-refractivity contribution in [1.82, 2.24) is 19.5 Å². The fraction of sp³-hybridized carbons (Fsp3) is 0.261. The van der Waals surface area contributed by atoms with Gasteiger partial charge < -0.3 is 15.3 Å². The maximum atomic E-state index is 9.56. The zero-order chi connectivity index (χ0) is 20.3. The highest BCUT2D eigenvalue weighted by atomic mass is 16.3. The monoisotopic (exact) mass is 400 g/mol. The Balaban J connectivity index is 1.28. The minimum atomic E-state index is 0.152. The van der Waals surface area contributed by atoms with E-state index in [9.17, 15) is 5.11 Å². The van der Waals surface area contributed by atoms with Gasteiger partial charge in [0.2, 0.25) is 0 Å². The first-order valence-corrected chi connectivity index (χ1v) is 10.3. The van der Waals surface area contributed by atoms with E-state index in [-0.39, 0.29) is 12.6 Å². The summed E-state index contributed by atoms with van der Waals surface area (Å²) in [5, 5.41) is 12.9. The molecule has 1 atom stereocenters. The van der Waals surface area contributed by atoms with E-state index < -0.39 is 0 Å². The van der Waals surface area contributed by atoms with Gasteiger partial charge in [-0.2, -0.15) is 0 Å². The summed E-state index contributed by atoms with van der Waals surface area (Å²) in [6, 6.07) is 18.7. The van der Waals surface area contributed by atoms with Gasteiger partial charge in [0, 0.05) is 24.8 Å². The van der Waals surface area contributed by atoms with Crippen molar-refractivity contribution in [1.29, 1.82) is 0 Å². The molecule has 2 aromatic carbocycles. The summed E-state index contributed by atoms with van der Waals surface area (Å²) in [5.74, 6) is 1.65. The molecular weight excluding hydrogens is 376 g/mol. The fourth-order valence-corrected chi connectivity index (χ4v) is 4.06. The van der Waals surface area contributed by atoms with Crippen LogP contribution in [0.2, 0.25) is 0 Å². The molecule has 0 bridgehead atoms. The lowest BCUT2D eigenvalue weighted by atomic mass is 10.2. The molecule has 2 aromatic heterocycles. The lowest BCUT2D eigenvalue weighted by Crippen LogP contribution is -2.32. The first-order valence-electron chi connectivity index (χ1n) is 10.3. The minimum Gasteiger partial charge on any atom is -0.394 e. The van der Waals surface area contributed by atoms with Crippen molar-refractivity contribution < 1.29 is 5.11 Å². The van der Waals surface area contributed by atoms with Crippen LogP contribution in [0.25, 0.3) is 16.7 Å². The van der Waals surface area contributed by atoms with Crippen molar-refractivity contribution in [2.75, 3.05) is 23.4 Å². The SMILES string of the molecule is OCC1CCCN1c1cc(NCc2ccc(-n3cnc4ccccc43)cc2)ncn1. The van der Waals surface area contributed by atoms with Crippen LogP contribution in [0.3, 0.4) is 0 Å². The van der Waals surface area contributed by atoms with Crippen molar-refractivity contribution in [2.45, 2.75) is 25.4 Å². The Morgan fingerprint density at radius 2 is 1.90 bits per heavy atom. The lowest BCUT2D eigenvalue weighted by Gasteiger charge is -2.24. The van der Waals surface area contributed by atoms with Crippen LogP contribution < -0.4 is 10.2 Å². The third-order valence-corrected chi connectivity index (χ3v) is 5.68. The zero-order valence-electron chi connectivity index (χ0n) is 16.6. The van der Waals surface area contributed by atoms with Gasteiger partial charge in [0.05, 0.1) is 23.7 Å². The van der Waals surface area contributed by atoms with Gasteiger partial charge in [0.1, 0.15) is 24.3 Å². The predicted octanol–water partition coefficient (Wildman–Crippen LogP) is 3.39. The second-order valence-electron chi connectivity index (χ2n) is 7.56. The van der Waals surface area contributed by atoms with E-state index in [1.165, 1.54) is 0 Å². The van der Waals surface area contributed by atoms with Gasteiger partial charge in [-0.3, -0.25) is 4.57 Å². The Morgan fingerprint density at radius 3 is 2.77 bits per heavy atom. The van der Waals surface area contributed by atoms with Gasteiger partial charge in [0.15, 0.2) is 0 Å². The van der Waals surface area contributed by atoms with Gasteiger partial charge in [-0.1, -0.05) is 24.3 Å². The number of rotatable bonds is 6. The largest absolute Gasteiger partial charge is 0.394 e. The number of hydrogen-bond acceptors (Lipinski definition) is 6. The van der Waals surface area contributed by atoms with Gasteiger partial charge >= 0.3 is 0 Å². The summed E-state index contributed by atoms with van der Waals surface area (Å²) < 4.78 is 2.09. The number of imidazole rings is 1. The quantitative estimate of drug-likeness (QED) is 0.517. The number of para-hydroxylation sites is 2. The van der Waals surface area contributed by atoms with E-state index in [0.29, 0.717) is 6.54 Å². The molecule has 0 aliphatic carbocycles. The maximum absolute atomic E-state index is 9.56. The number of aliphatic hydroxyl groups excluding tert-OH is 1. The van der Waals surface area contributed by atoms with Crippen molar-refractivity contribution in [3.8, 4) is 5.69 Å². The number of anilines is 2. The Kier molecular flexibility index (Phi) is 5.03. The summed E-state index contributed by atoms with van der Waals surface area (Å²) in [5.41, 5.74) is 4.34. The maximum Gasteiger partial charge on any atom is 0.134 e. The summed E-state index contributed by atoms with van der Waals surface area (Å²) in [4.78, 5) is 15.4. The third-order valence-electron chi connectivity index (χ3n) is 5.68. The normalized spacial score (nSPS) is 16.3. The number of aliphatic hydroxyl groups is 1. The molecule has 30 heavy (non-hydrogen) atoms. The Morgan fingerprint density at radius 1 is 1.03 bits per heavy atom. The molecule has 2 N–H and O–H groups in total. The van der Waals surface area contributed by atoms with Crippen molar-refractivity contribution in [3.05, 3.63) is 72.8 Å². The molecule has 0 spiro atoms. The molecular formula is C23H24N6O. The molecule has 1 fully saturated rings. The fourth-order valence-electron chi connectivity index (χ4n) is 4.06. The van der Waals surface area contributed by atoms with Gasteiger partial charge in [-0.05, 0) is 42.7 Å². The van der Waals surface area contributed by atoms with E-state index in [2.05, 4.69) is 60.1 Å². The molecule has 1 saturated heterocycles. The summed E-state index contributed by atoms with van der Waals surface area (Å²) in [7, 11) is 0. The second kappa shape index (κ2) is 8.12. The number of hydrogen-bond donors (Lipinski definition) is 2. The lowest BCUT2D eigenvalue weighted by molar-refractivity contribution is 0.266. The highest BCUT2D eigenvalue weighted by Gasteiger charge is 2.25. The summed E-state index contributed by atoms with van der Waals surface area (Å²) >= 11 is 0. The van der Waals surface area contributed by atoms with Crippen molar-refractivity contribution in [3.63, 3.8) is 0 Å². The van der Waals surface area contributed by atoms with Gasteiger partial charge in [-0.25, -0.2) is 15.0 Å². The molecule has 7 nitrogen and oxygen atoms in total.